The summed E-state index contributed by atoms with van der Waals surface area (Å²) >= 11 is 0. The molecular weight excluding hydrogens is 1150 g/mol. The second-order valence-electron chi connectivity index (χ2n) is 24.4. The fourth-order valence-corrected chi connectivity index (χ4v) is 14.4. The molecule has 0 aliphatic heterocycles. The van der Waals surface area contributed by atoms with Crippen molar-refractivity contribution in [1.82, 2.24) is 29.9 Å². The molecule has 0 fully saturated rings. The maximum atomic E-state index is 6.41. The third-order valence-electron chi connectivity index (χ3n) is 19.0. The van der Waals surface area contributed by atoms with E-state index >= 15 is 0 Å². The first-order valence-corrected chi connectivity index (χ1v) is 31.8. The van der Waals surface area contributed by atoms with Crippen LogP contribution in [0.3, 0.4) is 0 Å². The minimum Gasteiger partial charge on any atom is -0.455 e. The summed E-state index contributed by atoms with van der Waals surface area (Å²) in [5, 5.41) is 4.42. The van der Waals surface area contributed by atoms with Gasteiger partial charge in [-0.1, -0.05) is 279 Å². The maximum absolute atomic E-state index is 6.41. The van der Waals surface area contributed by atoms with E-state index in [1.165, 1.54) is 44.5 Å². The third-order valence-corrected chi connectivity index (χ3v) is 19.0. The monoisotopic (exact) mass is 1200 g/mol. The Morgan fingerprint density at radius 2 is 0.468 bits per heavy atom. The Morgan fingerprint density at radius 1 is 0.191 bits per heavy atom. The second-order valence-corrected chi connectivity index (χ2v) is 24.4. The molecule has 8 nitrogen and oxygen atoms in total. The van der Waals surface area contributed by atoms with Crippen LogP contribution in [0.15, 0.2) is 312 Å². The van der Waals surface area contributed by atoms with E-state index in [9.17, 15) is 0 Å². The van der Waals surface area contributed by atoms with Crippen molar-refractivity contribution < 1.29 is 8.83 Å². The summed E-state index contributed by atoms with van der Waals surface area (Å²) in [5.41, 5.74) is 25.9. The lowest BCUT2D eigenvalue weighted by molar-refractivity contribution is 0.669. The molecule has 13 aromatic carbocycles. The fourth-order valence-electron chi connectivity index (χ4n) is 14.4. The zero-order valence-corrected chi connectivity index (χ0v) is 50.5. The molecule has 20 rings (SSSR count). The molecule has 3 aliphatic rings. The quantitative estimate of drug-likeness (QED) is 0.133. The molecule has 2 atom stereocenters. The molecule has 2 bridgehead atoms. The van der Waals surface area contributed by atoms with E-state index < -0.39 is 0 Å². The number of benzene rings is 13. The average molecular weight is 1200 g/mol. The Morgan fingerprint density at radius 3 is 0.840 bits per heavy atom. The van der Waals surface area contributed by atoms with Gasteiger partial charge in [0, 0.05) is 77.9 Å². The fraction of sp³-hybridized carbons (Fsp3) is 0.0233. The van der Waals surface area contributed by atoms with E-state index in [2.05, 4.69) is 218 Å². The molecule has 4 aromatic heterocycles. The molecule has 0 spiro atoms. The Balaban J connectivity index is 0.612. The Bertz CT molecular complexity index is 5480. The first kappa shape index (κ1) is 53.3. The summed E-state index contributed by atoms with van der Waals surface area (Å²) in [6.07, 6.45) is 0. The molecule has 0 amide bonds. The molecular formula is C86H52N6O2. The van der Waals surface area contributed by atoms with Crippen molar-refractivity contribution in [2.24, 2.45) is 0 Å². The number of fused-ring (bicyclic) bond motifs is 6. The molecule has 0 radical (unpaired) electrons. The molecule has 2 unspecified atom stereocenters. The van der Waals surface area contributed by atoms with Gasteiger partial charge in [0.15, 0.2) is 34.9 Å². The van der Waals surface area contributed by atoms with Crippen molar-refractivity contribution in [2.75, 3.05) is 0 Å². The predicted octanol–water partition coefficient (Wildman–Crippen LogP) is 21.5. The second kappa shape index (κ2) is 21.6. The van der Waals surface area contributed by atoms with Crippen LogP contribution in [0, 0.1) is 0 Å². The zero-order valence-electron chi connectivity index (χ0n) is 50.5. The topological polar surface area (TPSA) is 104 Å². The van der Waals surface area contributed by atoms with E-state index in [1.807, 2.05) is 84.9 Å². The molecule has 0 saturated carbocycles. The first-order chi connectivity index (χ1) is 46.5. The van der Waals surface area contributed by atoms with Gasteiger partial charge in [0.25, 0.3) is 0 Å². The first-order valence-electron chi connectivity index (χ1n) is 31.8. The van der Waals surface area contributed by atoms with Gasteiger partial charge in [-0.05, 0) is 91.0 Å². The molecule has 0 N–H and O–H groups in total. The van der Waals surface area contributed by atoms with Crippen molar-refractivity contribution in [3.63, 3.8) is 0 Å². The van der Waals surface area contributed by atoms with Crippen molar-refractivity contribution in [1.29, 1.82) is 0 Å². The lowest BCUT2D eigenvalue weighted by atomic mass is 9.60. The van der Waals surface area contributed by atoms with E-state index in [4.69, 9.17) is 38.7 Å². The van der Waals surface area contributed by atoms with Crippen LogP contribution in [0.5, 0.6) is 0 Å². The van der Waals surface area contributed by atoms with Crippen molar-refractivity contribution in [3.05, 3.63) is 337 Å². The maximum Gasteiger partial charge on any atom is 0.164 e. The highest BCUT2D eigenvalue weighted by atomic mass is 16.3. The molecule has 0 saturated heterocycles. The van der Waals surface area contributed by atoms with Gasteiger partial charge < -0.3 is 8.83 Å². The highest BCUT2D eigenvalue weighted by molar-refractivity contribution is 6.10. The zero-order chi connectivity index (χ0) is 61.8. The standard InChI is InChI=1S/C86H52N6O2/c1-3-15-55(16-4-1)81-87-83(91-85(89-81)59-41-33-53(34-42-59)63-23-13-25-71-65-19-9-11-27-75(65)93-79(63)71)57-37-29-51(30-38-57)61-45-47-69-73(49-61)77-67-21-7-8-22-68(67)78(69)74-50-62(46-48-70(74)77)52-31-39-58(40-32-52)84-88-82(56-17-5-2-6-18-56)90-86(92-84)60-43-35-54(36-44-60)64-24-14-26-72-66-20-10-12-28-76(66)94-80(64)72/h1-50,77-78H. The lowest BCUT2D eigenvalue weighted by Gasteiger charge is -2.42. The summed E-state index contributed by atoms with van der Waals surface area (Å²) in [6, 6.07) is 107. The number of furan rings is 2. The highest BCUT2D eigenvalue weighted by Gasteiger charge is 2.41. The number of para-hydroxylation sites is 4. The van der Waals surface area contributed by atoms with E-state index in [1.54, 1.807) is 0 Å². The van der Waals surface area contributed by atoms with Crippen molar-refractivity contribution in [2.45, 2.75) is 11.8 Å². The number of hydrogen-bond donors (Lipinski definition) is 0. The largest absolute Gasteiger partial charge is 0.455 e. The van der Waals surface area contributed by atoms with Crippen LogP contribution in [0.25, 0.3) is 157 Å². The summed E-state index contributed by atoms with van der Waals surface area (Å²) in [7, 11) is 0. The third kappa shape index (κ3) is 8.90. The SMILES string of the molecule is c1ccc(-c2nc(-c3ccc(-c4ccc5c(c4)C4c6ccccc6C5c5cc(-c6ccc(-c7nc(-c8ccccc8)nc(-c8ccc(-c9cccc%10c9oc9ccccc9%10)cc8)n7)cc6)ccc54)cc3)nc(-c3ccc(-c4cccc5c4oc4ccccc45)cc3)n2)cc1. The number of rotatable bonds is 10. The molecule has 4 heterocycles. The van der Waals surface area contributed by atoms with Crippen LogP contribution in [-0.4, -0.2) is 29.9 Å². The highest BCUT2D eigenvalue weighted by Crippen LogP contribution is 2.57. The molecule has 94 heavy (non-hydrogen) atoms. The Hall–Kier alpha value is -12.5. The van der Waals surface area contributed by atoms with Crippen LogP contribution < -0.4 is 0 Å². The van der Waals surface area contributed by atoms with E-state index in [0.29, 0.717) is 34.9 Å². The normalized spacial score (nSPS) is 13.7. The molecule has 8 heteroatoms. The summed E-state index contributed by atoms with van der Waals surface area (Å²) in [4.78, 5) is 30.6. The van der Waals surface area contributed by atoms with E-state index in [-0.39, 0.29) is 11.8 Å². The van der Waals surface area contributed by atoms with Crippen LogP contribution in [0.2, 0.25) is 0 Å². The van der Waals surface area contributed by atoms with Crippen molar-refractivity contribution in [3.8, 4) is 113 Å². The van der Waals surface area contributed by atoms with Crippen molar-refractivity contribution >= 4 is 43.9 Å². The van der Waals surface area contributed by atoms with Gasteiger partial charge in [-0.15, -0.1) is 0 Å². The van der Waals surface area contributed by atoms with Gasteiger partial charge in [0.1, 0.15) is 22.3 Å². The summed E-state index contributed by atoms with van der Waals surface area (Å²) in [5.74, 6) is 3.85. The number of aromatic nitrogens is 6. The number of hydrogen-bond acceptors (Lipinski definition) is 8. The van der Waals surface area contributed by atoms with Gasteiger partial charge in [0.2, 0.25) is 0 Å². The summed E-state index contributed by atoms with van der Waals surface area (Å²) in [6.45, 7) is 0. The smallest absolute Gasteiger partial charge is 0.164 e. The van der Waals surface area contributed by atoms with E-state index in [0.717, 1.165) is 111 Å². The van der Waals surface area contributed by atoms with Crippen LogP contribution in [-0.2, 0) is 0 Å². The lowest BCUT2D eigenvalue weighted by Crippen LogP contribution is -2.27. The molecule has 438 valence electrons. The minimum atomic E-state index is 0.0916. The predicted molar refractivity (Wildman–Crippen MR) is 377 cm³/mol. The minimum absolute atomic E-state index is 0.0916. The van der Waals surface area contributed by atoms with Crippen LogP contribution in [0.1, 0.15) is 45.2 Å². The number of nitrogens with zero attached hydrogens (tertiary/aromatic N) is 6. The van der Waals surface area contributed by atoms with Crippen LogP contribution >= 0.6 is 0 Å². The van der Waals surface area contributed by atoms with Gasteiger partial charge in [-0.3, -0.25) is 0 Å². The molecule has 17 aromatic rings. The average Bonchev–Trinajstić information content (AvgIpc) is 1.05. The van der Waals surface area contributed by atoms with Gasteiger partial charge >= 0.3 is 0 Å². The van der Waals surface area contributed by atoms with Gasteiger partial charge in [-0.2, -0.15) is 0 Å². The van der Waals surface area contributed by atoms with Gasteiger partial charge in [0.05, 0.1) is 0 Å². The van der Waals surface area contributed by atoms with Crippen LogP contribution in [0.4, 0.5) is 0 Å². The molecule has 3 aliphatic carbocycles. The van der Waals surface area contributed by atoms with Gasteiger partial charge in [-0.25, -0.2) is 29.9 Å². The Labute approximate surface area is 540 Å². The summed E-state index contributed by atoms with van der Waals surface area (Å²) < 4.78 is 12.8. The Kier molecular flexibility index (Phi) is 12.2.